The van der Waals surface area contributed by atoms with Gasteiger partial charge in [0.15, 0.2) is 11.5 Å². The highest BCUT2D eigenvalue weighted by Crippen LogP contribution is 2.49. The van der Waals surface area contributed by atoms with Crippen LogP contribution in [0.1, 0.15) is 38.7 Å². The summed E-state index contributed by atoms with van der Waals surface area (Å²) >= 11 is 0. The minimum Gasteiger partial charge on any atom is -0.493 e. The molecule has 0 aromatic heterocycles. The quantitative estimate of drug-likeness (QED) is 0.755. The normalized spacial score (nSPS) is 27.8. The SMILES string of the molecule is COc1cc([C@@H]2[C@H](C(C)=O)C(=O)C[C@](C)(O)[C@@H]2C(C)=O)cc(OC)c1OC. The fourth-order valence-corrected chi connectivity index (χ4v) is 4.20. The van der Waals surface area contributed by atoms with Crippen molar-refractivity contribution in [3.8, 4) is 17.2 Å². The van der Waals surface area contributed by atoms with E-state index in [9.17, 15) is 19.5 Å². The Morgan fingerprint density at radius 1 is 1.04 bits per heavy atom. The minimum absolute atomic E-state index is 0.248. The Labute approximate surface area is 158 Å². The van der Waals surface area contributed by atoms with E-state index in [1.54, 1.807) is 12.1 Å². The Kier molecular flexibility index (Phi) is 5.94. The van der Waals surface area contributed by atoms with Gasteiger partial charge in [0, 0.05) is 12.3 Å². The summed E-state index contributed by atoms with van der Waals surface area (Å²) in [5, 5.41) is 10.8. The standard InChI is InChI=1S/C20H26O7/c1-10(21)16-13(23)9-20(3,24)18(11(2)22)17(16)12-7-14(25-4)19(27-6)15(8-12)26-5/h7-8,16-18,24H,9H2,1-6H3/t16-,17-,18-,20+/m1/s1. The molecule has 0 aliphatic heterocycles. The molecule has 0 radical (unpaired) electrons. The second-order valence-corrected chi connectivity index (χ2v) is 7.16. The number of carbonyl (C=O) groups excluding carboxylic acids is 3. The molecule has 1 saturated carbocycles. The van der Waals surface area contributed by atoms with E-state index >= 15 is 0 Å². The summed E-state index contributed by atoms with van der Waals surface area (Å²) in [5.74, 6) is -2.76. The van der Waals surface area contributed by atoms with E-state index in [2.05, 4.69) is 0 Å². The Balaban J connectivity index is 2.77. The smallest absolute Gasteiger partial charge is 0.203 e. The second-order valence-electron chi connectivity index (χ2n) is 7.16. The zero-order valence-electron chi connectivity index (χ0n) is 16.5. The summed E-state index contributed by atoms with van der Waals surface area (Å²) in [6.45, 7) is 4.14. The third-order valence-electron chi connectivity index (χ3n) is 5.22. The lowest BCUT2D eigenvalue weighted by Crippen LogP contribution is -2.53. The van der Waals surface area contributed by atoms with Gasteiger partial charge in [0.2, 0.25) is 5.75 Å². The van der Waals surface area contributed by atoms with E-state index in [4.69, 9.17) is 14.2 Å². The van der Waals surface area contributed by atoms with Crippen molar-refractivity contribution in [3.05, 3.63) is 17.7 Å². The molecule has 1 aromatic carbocycles. The lowest BCUT2D eigenvalue weighted by molar-refractivity contribution is -0.151. The number of ether oxygens (including phenoxy) is 3. The number of Topliss-reactive ketones (excluding diaryl/α,β-unsaturated/α-hetero) is 3. The van der Waals surface area contributed by atoms with Crippen LogP contribution in [0.15, 0.2) is 12.1 Å². The number of ketones is 3. The molecule has 0 saturated heterocycles. The molecular weight excluding hydrogens is 352 g/mol. The summed E-state index contributed by atoms with van der Waals surface area (Å²) in [4.78, 5) is 37.4. The van der Waals surface area contributed by atoms with E-state index in [0.717, 1.165) is 0 Å². The van der Waals surface area contributed by atoms with Crippen LogP contribution in [0.5, 0.6) is 17.2 Å². The first-order valence-electron chi connectivity index (χ1n) is 8.64. The highest BCUT2D eigenvalue weighted by atomic mass is 16.5. The average Bonchev–Trinajstić information content (AvgIpc) is 2.57. The fourth-order valence-electron chi connectivity index (χ4n) is 4.20. The maximum Gasteiger partial charge on any atom is 0.203 e. The van der Waals surface area contributed by atoms with Gasteiger partial charge in [-0.05, 0) is 38.5 Å². The summed E-state index contributed by atoms with van der Waals surface area (Å²) in [6.07, 6.45) is -0.248. The highest BCUT2D eigenvalue weighted by molar-refractivity contribution is 6.05. The third kappa shape index (κ3) is 3.69. The van der Waals surface area contributed by atoms with Crippen molar-refractivity contribution in [1.82, 2.24) is 0 Å². The van der Waals surface area contributed by atoms with Crippen molar-refractivity contribution < 1.29 is 33.7 Å². The zero-order valence-corrected chi connectivity index (χ0v) is 16.5. The van der Waals surface area contributed by atoms with Crippen LogP contribution >= 0.6 is 0 Å². The fraction of sp³-hybridized carbons (Fsp3) is 0.550. The van der Waals surface area contributed by atoms with Crippen molar-refractivity contribution >= 4 is 17.3 Å². The first-order valence-corrected chi connectivity index (χ1v) is 8.64. The van der Waals surface area contributed by atoms with Gasteiger partial charge in [0.25, 0.3) is 0 Å². The van der Waals surface area contributed by atoms with Gasteiger partial charge in [0.1, 0.15) is 17.3 Å². The lowest BCUT2D eigenvalue weighted by Gasteiger charge is -2.44. The molecular formula is C20H26O7. The van der Waals surface area contributed by atoms with Crippen molar-refractivity contribution in [2.75, 3.05) is 21.3 Å². The van der Waals surface area contributed by atoms with Gasteiger partial charge in [-0.2, -0.15) is 0 Å². The monoisotopic (exact) mass is 378 g/mol. The molecule has 1 aliphatic carbocycles. The maximum absolute atomic E-state index is 12.7. The van der Waals surface area contributed by atoms with Crippen LogP contribution in [-0.2, 0) is 14.4 Å². The van der Waals surface area contributed by atoms with Crippen molar-refractivity contribution in [3.63, 3.8) is 0 Å². The predicted octanol–water partition coefficient (Wildman–Crippen LogP) is 1.93. The number of hydrogen-bond donors (Lipinski definition) is 1. The number of methoxy groups -OCH3 is 3. The number of benzene rings is 1. The largest absolute Gasteiger partial charge is 0.493 e. The Morgan fingerprint density at radius 2 is 1.56 bits per heavy atom. The van der Waals surface area contributed by atoms with Crippen molar-refractivity contribution in [1.29, 1.82) is 0 Å². The molecule has 148 valence electrons. The lowest BCUT2D eigenvalue weighted by atomic mass is 9.60. The van der Waals surface area contributed by atoms with E-state index in [1.807, 2.05) is 0 Å². The Hall–Kier alpha value is -2.41. The number of hydrogen-bond acceptors (Lipinski definition) is 7. The molecule has 1 fully saturated rings. The van der Waals surface area contributed by atoms with Crippen molar-refractivity contribution in [2.24, 2.45) is 11.8 Å². The van der Waals surface area contributed by atoms with Crippen LogP contribution in [0, 0.1) is 11.8 Å². The predicted molar refractivity (Wildman–Crippen MR) is 97.4 cm³/mol. The van der Waals surface area contributed by atoms with Gasteiger partial charge >= 0.3 is 0 Å². The molecule has 1 aromatic rings. The third-order valence-corrected chi connectivity index (χ3v) is 5.22. The molecule has 7 nitrogen and oxygen atoms in total. The highest BCUT2D eigenvalue weighted by Gasteiger charge is 2.54. The number of rotatable bonds is 6. The average molecular weight is 378 g/mol. The molecule has 0 unspecified atom stereocenters. The summed E-state index contributed by atoms with van der Waals surface area (Å²) in [6, 6.07) is 3.24. The van der Waals surface area contributed by atoms with Gasteiger partial charge in [0.05, 0.1) is 38.8 Å². The maximum atomic E-state index is 12.7. The minimum atomic E-state index is -1.56. The zero-order chi connectivity index (χ0) is 20.5. The molecule has 0 bridgehead atoms. The molecule has 1 aliphatic rings. The van der Waals surface area contributed by atoms with Crippen LogP contribution in [0.2, 0.25) is 0 Å². The molecule has 0 spiro atoms. The van der Waals surface area contributed by atoms with Crippen LogP contribution in [-0.4, -0.2) is 49.4 Å². The Morgan fingerprint density at radius 3 is 1.93 bits per heavy atom. The first kappa shape index (κ1) is 20.9. The molecule has 1 N–H and O–H groups in total. The van der Waals surface area contributed by atoms with E-state index in [1.165, 1.54) is 42.1 Å². The second kappa shape index (κ2) is 7.68. The van der Waals surface area contributed by atoms with Gasteiger partial charge in [-0.3, -0.25) is 14.4 Å². The van der Waals surface area contributed by atoms with E-state index < -0.39 is 23.4 Å². The van der Waals surface area contributed by atoms with Crippen LogP contribution in [0.4, 0.5) is 0 Å². The summed E-state index contributed by atoms with van der Waals surface area (Å²) in [7, 11) is 4.37. The topological polar surface area (TPSA) is 99.1 Å². The van der Waals surface area contributed by atoms with Crippen LogP contribution in [0.3, 0.4) is 0 Å². The Bertz CT molecular complexity index is 741. The van der Waals surface area contributed by atoms with Crippen molar-refractivity contribution in [2.45, 2.75) is 38.7 Å². The first-order chi connectivity index (χ1) is 12.6. The number of aliphatic hydroxyl groups is 1. The van der Waals surface area contributed by atoms with Crippen LogP contribution < -0.4 is 14.2 Å². The van der Waals surface area contributed by atoms with Gasteiger partial charge in [-0.25, -0.2) is 0 Å². The number of carbonyl (C=O) groups is 3. The van der Waals surface area contributed by atoms with Gasteiger partial charge in [-0.15, -0.1) is 0 Å². The molecule has 7 heteroatoms. The molecule has 2 rings (SSSR count). The molecule has 4 atom stereocenters. The van der Waals surface area contributed by atoms with Gasteiger partial charge in [-0.1, -0.05) is 0 Å². The van der Waals surface area contributed by atoms with E-state index in [0.29, 0.717) is 22.8 Å². The molecule has 27 heavy (non-hydrogen) atoms. The van der Waals surface area contributed by atoms with E-state index in [-0.39, 0.29) is 23.8 Å². The summed E-state index contributed by atoms with van der Waals surface area (Å²) < 4.78 is 16.0. The van der Waals surface area contributed by atoms with Gasteiger partial charge < -0.3 is 19.3 Å². The molecule has 0 heterocycles. The molecule has 0 amide bonds. The summed E-state index contributed by atoms with van der Waals surface area (Å²) in [5.41, 5.74) is -1.06. The van der Waals surface area contributed by atoms with Crippen LogP contribution in [0.25, 0.3) is 0 Å².